The minimum atomic E-state index is -6.38. The average molecular weight is 654 g/mol. The van der Waals surface area contributed by atoms with E-state index in [4.69, 9.17) is 0 Å². The van der Waals surface area contributed by atoms with Crippen molar-refractivity contribution in [3.8, 4) is 0 Å². The summed E-state index contributed by atoms with van der Waals surface area (Å²) < 4.78 is 139. The highest BCUT2D eigenvalue weighted by Crippen LogP contribution is 2.57. The van der Waals surface area contributed by atoms with Gasteiger partial charge in [0.25, 0.3) is 5.91 Å². The molecular weight excluding hydrogens is 626 g/mol. The van der Waals surface area contributed by atoms with Crippen LogP contribution in [0.25, 0.3) is 0 Å². The van der Waals surface area contributed by atoms with E-state index in [0.29, 0.717) is 6.07 Å². The second kappa shape index (κ2) is 10.4. The van der Waals surface area contributed by atoms with Gasteiger partial charge in [0.2, 0.25) is 0 Å². The van der Waals surface area contributed by atoms with Gasteiger partial charge in [-0.1, -0.05) is 36.4 Å². The molecule has 2 aromatic rings. The third-order valence-corrected chi connectivity index (χ3v) is 11.9. The Morgan fingerprint density at radius 2 is 1.45 bits per heavy atom. The van der Waals surface area contributed by atoms with Gasteiger partial charge in [-0.25, -0.2) is 17.2 Å². The molecular formula is C29H27F8NO5S. The number of carboxylic acid groups (broad SMARTS) is 1. The van der Waals surface area contributed by atoms with Crippen molar-refractivity contribution in [1.29, 1.82) is 0 Å². The number of sulfone groups is 1. The van der Waals surface area contributed by atoms with E-state index in [1.54, 1.807) is 0 Å². The number of aryl methyl sites for hydroxylation is 1. The van der Waals surface area contributed by atoms with E-state index >= 15 is 4.39 Å². The molecule has 0 spiro atoms. The second-order valence-electron chi connectivity index (χ2n) is 11.6. The molecule has 3 aliphatic rings. The third kappa shape index (κ3) is 4.59. The molecule has 2 aromatic carbocycles. The Bertz CT molecular complexity index is 1550. The maximum Gasteiger partial charge on any atom is 0.435 e. The fraction of sp³-hybridized carbons (Fsp3) is 0.517. The minimum Gasteiger partial charge on any atom is -0.481 e. The summed E-state index contributed by atoms with van der Waals surface area (Å²) in [6.45, 7) is -0.303. The molecule has 1 saturated carbocycles. The number of halogens is 8. The van der Waals surface area contributed by atoms with Gasteiger partial charge in [-0.2, -0.15) is 26.3 Å². The van der Waals surface area contributed by atoms with E-state index in [-0.39, 0.29) is 60.7 Å². The molecule has 1 heterocycles. The lowest BCUT2D eigenvalue weighted by atomic mass is 9.76. The van der Waals surface area contributed by atoms with Gasteiger partial charge in [0.15, 0.2) is 15.5 Å². The van der Waals surface area contributed by atoms with Gasteiger partial charge in [0.05, 0.1) is 16.9 Å². The first kappa shape index (κ1) is 32.2. The number of nitrogens with zero attached hydrogens (tertiary/aromatic N) is 1. The van der Waals surface area contributed by atoms with Crippen molar-refractivity contribution < 1.29 is 58.2 Å². The van der Waals surface area contributed by atoms with Gasteiger partial charge in [-0.15, -0.1) is 0 Å². The molecule has 0 radical (unpaired) electrons. The summed E-state index contributed by atoms with van der Waals surface area (Å²) in [5, 5.41) is 9.26. The van der Waals surface area contributed by atoms with Crippen LogP contribution in [0.1, 0.15) is 55.2 Å². The quantitative estimate of drug-likeness (QED) is 0.390. The van der Waals surface area contributed by atoms with Crippen molar-refractivity contribution in [2.75, 3.05) is 6.54 Å². The topological polar surface area (TPSA) is 91.8 Å². The first-order chi connectivity index (χ1) is 20.3. The van der Waals surface area contributed by atoms with Crippen LogP contribution in [-0.4, -0.2) is 60.9 Å². The number of hydrogen-bond acceptors (Lipinski definition) is 4. The van der Waals surface area contributed by atoms with Crippen molar-refractivity contribution in [3.63, 3.8) is 0 Å². The van der Waals surface area contributed by atoms with E-state index < -0.39 is 80.5 Å². The smallest absolute Gasteiger partial charge is 0.435 e. The number of amides is 1. The number of alkyl halides is 8. The third-order valence-electron chi connectivity index (χ3n) is 9.37. The van der Waals surface area contributed by atoms with Gasteiger partial charge >= 0.3 is 24.0 Å². The van der Waals surface area contributed by atoms with Crippen LogP contribution in [0.2, 0.25) is 0 Å². The van der Waals surface area contributed by atoms with Crippen molar-refractivity contribution in [3.05, 3.63) is 65.2 Å². The zero-order valence-electron chi connectivity index (χ0n) is 22.9. The van der Waals surface area contributed by atoms with E-state index in [0.717, 1.165) is 11.0 Å². The Labute approximate surface area is 247 Å². The number of rotatable bonds is 5. The van der Waals surface area contributed by atoms with Gasteiger partial charge in [0.1, 0.15) is 4.75 Å². The Morgan fingerprint density at radius 3 is 2.00 bits per heavy atom. The van der Waals surface area contributed by atoms with Crippen LogP contribution in [0.4, 0.5) is 35.1 Å². The molecule has 2 atom stereocenters. The average Bonchev–Trinajstić information content (AvgIpc) is 3.37. The summed E-state index contributed by atoms with van der Waals surface area (Å²) in [5.74, 6) is -3.03. The Kier molecular flexibility index (Phi) is 7.61. The summed E-state index contributed by atoms with van der Waals surface area (Å²) >= 11 is 0. The second-order valence-corrected chi connectivity index (χ2v) is 13.8. The first-order valence-corrected chi connectivity index (χ1v) is 15.3. The summed E-state index contributed by atoms with van der Waals surface area (Å²) in [7, 11) is -4.55. The van der Waals surface area contributed by atoms with Crippen LogP contribution in [-0.2, 0) is 36.3 Å². The molecule has 0 unspecified atom stereocenters. The number of carbonyl (C=O) groups excluding carboxylic acids is 1. The highest BCUT2D eigenvalue weighted by atomic mass is 32.2. The fourth-order valence-corrected chi connectivity index (χ4v) is 9.46. The standard InChI is InChI=1S/C29H27F8NO5S/c30-25(12-10-17(11-13-25)23(39)40)24(41)38-15-14-26(44(42,43)20-4-2-1-3-5-20)21-8-7-19(16-18(21)6-9-22(26)38)27(31,28(32,33)34)29(35,36)37/h1-5,7-8,16-17,22H,6,9-15H2,(H,39,40)/t17-,22-,25+,26-/m0/s1. The lowest BCUT2D eigenvalue weighted by molar-refractivity contribution is -0.348. The number of fused-ring (bicyclic) bond motifs is 3. The molecule has 1 amide bonds. The van der Waals surface area contributed by atoms with Crippen molar-refractivity contribution in [2.24, 2.45) is 5.92 Å². The maximum atomic E-state index is 16.1. The number of hydrogen-bond donors (Lipinski definition) is 1. The largest absolute Gasteiger partial charge is 0.481 e. The van der Waals surface area contributed by atoms with Crippen LogP contribution >= 0.6 is 0 Å². The molecule has 0 bridgehead atoms. The molecule has 0 aromatic heterocycles. The van der Waals surface area contributed by atoms with E-state index in [1.807, 2.05) is 0 Å². The van der Waals surface area contributed by atoms with E-state index in [2.05, 4.69) is 0 Å². The SMILES string of the molecule is O=C(O)[C@H]1CC[C@](F)(C(=O)N2CC[C@]3(S(=O)(=O)c4ccccc4)c4ccc(C(F)(C(F)(F)F)C(F)(F)F)cc4CC[C@H]23)CC1. The van der Waals surface area contributed by atoms with Crippen molar-refractivity contribution in [2.45, 2.75) is 84.3 Å². The molecule has 2 fully saturated rings. The van der Waals surface area contributed by atoms with Crippen LogP contribution < -0.4 is 0 Å². The molecule has 6 nitrogen and oxygen atoms in total. The molecule has 1 aliphatic heterocycles. The molecule has 2 aliphatic carbocycles. The van der Waals surface area contributed by atoms with E-state index in [1.165, 1.54) is 30.3 Å². The minimum absolute atomic E-state index is 0.126. The summed E-state index contributed by atoms with van der Waals surface area (Å²) in [6.07, 6.45) is -14.8. The Hall–Kier alpha value is -3.23. The molecule has 15 heteroatoms. The molecule has 1 N–H and O–H groups in total. The highest BCUT2D eigenvalue weighted by molar-refractivity contribution is 7.92. The Morgan fingerprint density at radius 1 is 0.864 bits per heavy atom. The van der Waals surface area contributed by atoms with Gasteiger partial charge in [-0.05, 0) is 68.2 Å². The summed E-state index contributed by atoms with van der Waals surface area (Å²) in [4.78, 5) is 25.9. The van der Waals surface area contributed by atoms with E-state index in [9.17, 15) is 53.8 Å². The number of carboxylic acids is 1. The Balaban J connectivity index is 1.63. The number of aliphatic carboxylic acids is 1. The molecule has 1 saturated heterocycles. The summed E-state index contributed by atoms with van der Waals surface area (Å²) in [5.41, 5.74) is -10.4. The van der Waals surface area contributed by atoms with Crippen LogP contribution in [0.5, 0.6) is 0 Å². The number of benzene rings is 2. The van der Waals surface area contributed by atoms with Gasteiger partial charge in [0, 0.05) is 12.1 Å². The summed E-state index contributed by atoms with van der Waals surface area (Å²) in [6, 6.07) is 6.95. The lowest BCUT2D eigenvalue weighted by Gasteiger charge is -2.44. The number of carbonyl (C=O) groups is 2. The lowest BCUT2D eigenvalue weighted by Crippen LogP contribution is -2.56. The highest BCUT2D eigenvalue weighted by Gasteiger charge is 2.74. The van der Waals surface area contributed by atoms with Crippen molar-refractivity contribution >= 4 is 21.7 Å². The molecule has 240 valence electrons. The van der Waals surface area contributed by atoms with Crippen LogP contribution in [0.15, 0.2) is 53.4 Å². The van der Waals surface area contributed by atoms with Crippen LogP contribution in [0.3, 0.4) is 0 Å². The van der Waals surface area contributed by atoms with Gasteiger partial charge < -0.3 is 10.0 Å². The van der Waals surface area contributed by atoms with Crippen molar-refractivity contribution in [1.82, 2.24) is 4.90 Å². The molecule has 5 rings (SSSR count). The van der Waals surface area contributed by atoms with Gasteiger partial charge in [-0.3, -0.25) is 9.59 Å². The zero-order chi connectivity index (χ0) is 32.5. The molecule has 44 heavy (non-hydrogen) atoms. The first-order valence-electron chi connectivity index (χ1n) is 13.8. The van der Waals surface area contributed by atoms with Crippen LogP contribution in [0, 0.1) is 5.92 Å². The zero-order valence-corrected chi connectivity index (χ0v) is 23.7. The predicted octanol–water partition coefficient (Wildman–Crippen LogP) is 6.18. The normalized spacial score (nSPS) is 27.9. The monoisotopic (exact) mass is 653 g/mol. The maximum absolute atomic E-state index is 16.1. The number of likely N-dealkylation sites (tertiary alicyclic amines) is 1. The predicted molar refractivity (Wildman–Crippen MR) is 139 cm³/mol. The fourth-order valence-electron chi connectivity index (χ4n) is 7.08.